The fourth-order valence-electron chi connectivity index (χ4n) is 3.68. The van der Waals surface area contributed by atoms with Crippen LogP contribution in [0.25, 0.3) is 0 Å². The van der Waals surface area contributed by atoms with E-state index in [0.717, 1.165) is 17.0 Å². The number of rotatable bonds is 6. The Labute approximate surface area is 188 Å². The molecule has 1 fully saturated rings. The Kier molecular flexibility index (Phi) is 6.03. The molecule has 9 heteroatoms. The van der Waals surface area contributed by atoms with E-state index < -0.39 is 29.6 Å². The third-order valence-electron chi connectivity index (χ3n) is 5.20. The van der Waals surface area contributed by atoms with Gasteiger partial charge in [-0.2, -0.15) is 0 Å². The van der Waals surface area contributed by atoms with E-state index in [-0.39, 0.29) is 24.4 Å². The second kappa shape index (κ2) is 9.07. The van der Waals surface area contributed by atoms with Crippen molar-refractivity contribution < 1.29 is 28.0 Å². The molecular formula is C24H20FN3O5. The number of anilines is 2. The SMILES string of the molecule is CC(=O)Nc1ccc(N2C(=O)CC(N(Cc3ccco3)C(=O)c3ccc(F)cc3)C2=O)cc1. The highest BCUT2D eigenvalue weighted by Gasteiger charge is 2.44. The van der Waals surface area contributed by atoms with Crippen molar-refractivity contribution in [1.29, 1.82) is 0 Å². The van der Waals surface area contributed by atoms with E-state index in [1.807, 2.05) is 0 Å². The first-order chi connectivity index (χ1) is 15.8. The molecule has 1 saturated heterocycles. The van der Waals surface area contributed by atoms with Gasteiger partial charge in [0.1, 0.15) is 17.6 Å². The number of hydrogen-bond acceptors (Lipinski definition) is 5. The van der Waals surface area contributed by atoms with Gasteiger partial charge in [-0.25, -0.2) is 9.29 Å². The maximum atomic E-state index is 13.3. The second-order valence-corrected chi connectivity index (χ2v) is 7.53. The van der Waals surface area contributed by atoms with Crippen molar-refractivity contribution in [2.24, 2.45) is 0 Å². The minimum Gasteiger partial charge on any atom is -0.467 e. The van der Waals surface area contributed by atoms with Gasteiger partial charge in [0.25, 0.3) is 11.8 Å². The number of benzene rings is 2. The molecular weight excluding hydrogens is 429 g/mol. The maximum absolute atomic E-state index is 13.3. The van der Waals surface area contributed by atoms with Crippen molar-refractivity contribution in [3.63, 3.8) is 0 Å². The summed E-state index contributed by atoms with van der Waals surface area (Å²) in [5.74, 6) is -1.86. The zero-order valence-corrected chi connectivity index (χ0v) is 17.7. The first-order valence-corrected chi connectivity index (χ1v) is 10.2. The van der Waals surface area contributed by atoms with Crippen LogP contribution < -0.4 is 10.2 Å². The minimum atomic E-state index is -1.06. The van der Waals surface area contributed by atoms with E-state index in [2.05, 4.69) is 5.32 Å². The number of carbonyl (C=O) groups is 4. The highest BCUT2D eigenvalue weighted by molar-refractivity contribution is 6.23. The Morgan fingerprint density at radius 3 is 2.39 bits per heavy atom. The monoisotopic (exact) mass is 449 g/mol. The van der Waals surface area contributed by atoms with E-state index in [1.54, 1.807) is 36.4 Å². The summed E-state index contributed by atoms with van der Waals surface area (Å²) < 4.78 is 18.7. The van der Waals surface area contributed by atoms with Crippen LogP contribution in [0, 0.1) is 5.82 Å². The quantitative estimate of drug-likeness (QED) is 0.582. The van der Waals surface area contributed by atoms with Crippen LogP contribution in [0.4, 0.5) is 15.8 Å². The molecule has 0 spiro atoms. The van der Waals surface area contributed by atoms with Crippen LogP contribution in [0.3, 0.4) is 0 Å². The average molecular weight is 449 g/mol. The minimum absolute atomic E-state index is 0.0395. The van der Waals surface area contributed by atoms with Gasteiger partial charge in [0.15, 0.2) is 0 Å². The molecule has 3 aromatic rings. The largest absolute Gasteiger partial charge is 0.467 e. The van der Waals surface area contributed by atoms with E-state index in [4.69, 9.17) is 4.42 Å². The van der Waals surface area contributed by atoms with Crippen LogP contribution in [0.15, 0.2) is 71.3 Å². The second-order valence-electron chi connectivity index (χ2n) is 7.53. The molecule has 1 atom stereocenters. The van der Waals surface area contributed by atoms with Gasteiger partial charge >= 0.3 is 0 Å². The van der Waals surface area contributed by atoms with Gasteiger partial charge in [-0.3, -0.25) is 19.2 Å². The summed E-state index contributed by atoms with van der Waals surface area (Å²) in [7, 11) is 0. The normalized spacial score (nSPS) is 15.6. The third kappa shape index (κ3) is 4.67. The lowest BCUT2D eigenvalue weighted by atomic mass is 10.1. The molecule has 168 valence electrons. The average Bonchev–Trinajstić information content (AvgIpc) is 3.40. The molecule has 0 bridgehead atoms. The van der Waals surface area contributed by atoms with Gasteiger partial charge in [0.2, 0.25) is 11.8 Å². The van der Waals surface area contributed by atoms with E-state index in [9.17, 15) is 23.6 Å². The Morgan fingerprint density at radius 1 is 1.09 bits per heavy atom. The van der Waals surface area contributed by atoms with Crippen molar-refractivity contribution in [1.82, 2.24) is 4.90 Å². The predicted molar refractivity (Wildman–Crippen MR) is 117 cm³/mol. The topological polar surface area (TPSA) is 99.9 Å². The number of hydrogen-bond donors (Lipinski definition) is 1. The number of nitrogens with one attached hydrogen (secondary N) is 1. The molecule has 0 radical (unpaired) electrons. The lowest BCUT2D eigenvalue weighted by Gasteiger charge is -2.27. The molecule has 2 aromatic carbocycles. The lowest BCUT2D eigenvalue weighted by molar-refractivity contribution is -0.122. The molecule has 0 saturated carbocycles. The van der Waals surface area contributed by atoms with Crippen LogP contribution in [0.1, 0.15) is 29.5 Å². The third-order valence-corrected chi connectivity index (χ3v) is 5.20. The van der Waals surface area contributed by atoms with Crippen molar-refractivity contribution in [3.8, 4) is 0 Å². The summed E-state index contributed by atoms with van der Waals surface area (Å²) in [4.78, 5) is 52.8. The molecule has 1 aromatic heterocycles. The van der Waals surface area contributed by atoms with Gasteiger partial charge in [0, 0.05) is 18.2 Å². The van der Waals surface area contributed by atoms with Crippen LogP contribution in [-0.4, -0.2) is 34.6 Å². The molecule has 4 amide bonds. The first kappa shape index (κ1) is 21.9. The number of halogens is 1. The molecule has 1 unspecified atom stereocenters. The van der Waals surface area contributed by atoms with Crippen molar-refractivity contribution in [3.05, 3.63) is 84.1 Å². The number of nitrogens with zero attached hydrogens (tertiary/aromatic N) is 2. The van der Waals surface area contributed by atoms with Gasteiger partial charge in [-0.15, -0.1) is 0 Å². The summed E-state index contributed by atoms with van der Waals surface area (Å²) >= 11 is 0. The van der Waals surface area contributed by atoms with Gasteiger partial charge < -0.3 is 14.6 Å². The van der Waals surface area contributed by atoms with Crippen molar-refractivity contribution in [2.75, 3.05) is 10.2 Å². The summed E-state index contributed by atoms with van der Waals surface area (Å²) in [6.07, 6.45) is 1.24. The molecule has 8 nitrogen and oxygen atoms in total. The Morgan fingerprint density at radius 2 is 1.79 bits per heavy atom. The highest BCUT2D eigenvalue weighted by atomic mass is 19.1. The summed E-state index contributed by atoms with van der Waals surface area (Å²) in [5, 5.41) is 2.62. The zero-order chi connectivity index (χ0) is 23.5. The Hall–Kier alpha value is -4.27. The molecule has 4 rings (SSSR count). The summed E-state index contributed by atoms with van der Waals surface area (Å²) in [6, 6.07) is 13.5. The molecule has 1 aliphatic rings. The fraction of sp³-hybridized carbons (Fsp3) is 0.167. The smallest absolute Gasteiger partial charge is 0.257 e. The van der Waals surface area contributed by atoms with Crippen molar-refractivity contribution >= 4 is 35.0 Å². The number of amides is 4. The number of furan rings is 1. The highest BCUT2D eigenvalue weighted by Crippen LogP contribution is 2.29. The Bertz CT molecular complexity index is 1190. The molecule has 1 N–H and O–H groups in total. The van der Waals surface area contributed by atoms with Crippen LogP contribution in [0.5, 0.6) is 0 Å². The number of carbonyl (C=O) groups excluding carboxylic acids is 4. The summed E-state index contributed by atoms with van der Waals surface area (Å²) in [5.41, 5.74) is 1.03. The Balaban J connectivity index is 1.62. The van der Waals surface area contributed by atoms with E-state index >= 15 is 0 Å². The van der Waals surface area contributed by atoms with Gasteiger partial charge in [0.05, 0.1) is 24.9 Å². The van der Waals surface area contributed by atoms with Crippen molar-refractivity contribution in [2.45, 2.75) is 25.9 Å². The van der Waals surface area contributed by atoms with Crippen LogP contribution in [-0.2, 0) is 20.9 Å². The number of imide groups is 1. The lowest BCUT2D eigenvalue weighted by Crippen LogP contribution is -2.45. The first-order valence-electron chi connectivity index (χ1n) is 10.2. The van der Waals surface area contributed by atoms with Gasteiger partial charge in [-0.05, 0) is 60.7 Å². The predicted octanol–water partition coefficient (Wildman–Crippen LogP) is 3.35. The standard InChI is InChI=1S/C24H20FN3O5/c1-15(29)26-18-8-10-19(11-9-18)28-22(30)13-21(24(28)32)27(14-20-3-2-12-33-20)23(31)16-4-6-17(25)7-5-16/h2-12,21H,13-14H2,1H3,(H,26,29). The van der Waals surface area contributed by atoms with Crippen LogP contribution >= 0.6 is 0 Å². The molecule has 1 aliphatic heterocycles. The maximum Gasteiger partial charge on any atom is 0.257 e. The molecule has 2 heterocycles. The van der Waals surface area contributed by atoms with E-state index in [1.165, 1.54) is 30.2 Å². The fourth-order valence-corrected chi connectivity index (χ4v) is 3.68. The molecule has 0 aliphatic carbocycles. The zero-order valence-electron chi connectivity index (χ0n) is 17.7. The van der Waals surface area contributed by atoms with E-state index in [0.29, 0.717) is 17.1 Å². The summed E-state index contributed by atoms with van der Waals surface area (Å²) in [6.45, 7) is 1.33. The van der Waals surface area contributed by atoms with Gasteiger partial charge in [-0.1, -0.05) is 0 Å². The molecule has 33 heavy (non-hydrogen) atoms. The van der Waals surface area contributed by atoms with Crippen LogP contribution in [0.2, 0.25) is 0 Å².